The Morgan fingerprint density at radius 3 is 2.53 bits per heavy atom. The van der Waals surface area contributed by atoms with Gasteiger partial charge in [-0.15, -0.1) is 0 Å². The molecule has 3 rings (SSSR count). The number of carbonyl (C=O) groups is 2. The Bertz CT molecular complexity index is 891. The van der Waals surface area contributed by atoms with E-state index in [-0.39, 0.29) is 17.7 Å². The Morgan fingerprint density at radius 2 is 1.93 bits per heavy atom. The number of hydrogen-bond acceptors (Lipinski definition) is 5. The molecule has 0 unspecified atom stereocenters. The van der Waals surface area contributed by atoms with Crippen molar-refractivity contribution >= 4 is 17.6 Å². The lowest BCUT2D eigenvalue weighted by molar-refractivity contribution is -0.134. The second kappa shape index (κ2) is 9.45. The first-order chi connectivity index (χ1) is 14.2. The van der Waals surface area contributed by atoms with Crippen molar-refractivity contribution in [3.8, 4) is 0 Å². The zero-order valence-corrected chi connectivity index (χ0v) is 18.7. The summed E-state index contributed by atoms with van der Waals surface area (Å²) in [6.45, 7) is 12.4. The summed E-state index contributed by atoms with van der Waals surface area (Å²) in [6.07, 6.45) is 2.52. The van der Waals surface area contributed by atoms with Crippen LogP contribution in [0.25, 0.3) is 0 Å². The highest BCUT2D eigenvalue weighted by Gasteiger charge is 2.28. The van der Waals surface area contributed by atoms with Crippen molar-refractivity contribution in [3.05, 3.63) is 28.8 Å². The van der Waals surface area contributed by atoms with Crippen molar-refractivity contribution in [1.82, 2.24) is 19.8 Å². The van der Waals surface area contributed by atoms with E-state index in [1.165, 1.54) is 5.56 Å². The van der Waals surface area contributed by atoms with Crippen LogP contribution >= 0.6 is 0 Å². The van der Waals surface area contributed by atoms with E-state index in [1.807, 2.05) is 11.8 Å². The molecule has 1 aliphatic rings. The van der Waals surface area contributed by atoms with Crippen molar-refractivity contribution in [2.24, 2.45) is 11.8 Å². The highest BCUT2D eigenvalue weighted by molar-refractivity contribution is 5.91. The molecule has 0 radical (unpaired) electrons. The molecular formula is C22H33N5O3. The molecule has 1 saturated heterocycles. The van der Waals surface area contributed by atoms with E-state index in [0.29, 0.717) is 56.3 Å². The lowest BCUT2D eigenvalue weighted by Gasteiger charge is -2.31. The third kappa shape index (κ3) is 5.29. The summed E-state index contributed by atoms with van der Waals surface area (Å²) in [5.41, 5.74) is 3.35. The van der Waals surface area contributed by atoms with Crippen LogP contribution in [-0.4, -0.2) is 44.7 Å². The number of carbonyl (C=O) groups excluding carboxylic acids is 2. The van der Waals surface area contributed by atoms with E-state index in [4.69, 9.17) is 4.52 Å². The minimum atomic E-state index is -0.107. The highest BCUT2D eigenvalue weighted by Crippen LogP contribution is 2.22. The quantitative estimate of drug-likeness (QED) is 0.749. The monoisotopic (exact) mass is 415 g/mol. The van der Waals surface area contributed by atoms with E-state index in [0.717, 1.165) is 17.9 Å². The number of aryl methyl sites for hydroxylation is 2. The van der Waals surface area contributed by atoms with Gasteiger partial charge in [-0.2, -0.15) is 5.10 Å². The van der Waals surface area contributed by atoms with Crippen LogP contribution in [0.2, 0.25) is 0 Å². The number of aromatic nitrogens is 3. The second-order valence-electron chi connectivity index (χ2n) is 8.69. The molecule has 0 saturated carbocycles. The first-order valence-electron chi connectivity index (χ1n) is 10.8. The standard InChI is InChI=1S/C22H33N5O3/c1-14(2)13-27-17(5)19(16(4)24-27)6-7-21(28)26-10-8-18(9-11-26)22(29)23-20-12-15(3)30-25-20/h12,14,18H,6-11,13H2,1-5H3,(H,23,25,29). The zero-order chi connectivity index (χ0) is 21.8. The fourth-order valence-electron chi connectivity index (χ4n) is 4.05. The minimum absolute atomic E-state index is 0.0563. The largest absolute Gasteiger partial charge is 0.360 e. The van der Waals surface area contributed by atoms with Crippen molar-refractivity contribution in [3.63, 3.8) is 0 Å². The van der Waals surface area contributed by atoms with E-state index in [2.05, 4.69) is 41.0 Å². The van der Waals surface area contributed by atoms with E-state index >= 15 is 0 Å². The predicted octanol–water partition coefficient (Wildman–Crippen LogP) is 3.26. The molecule has 30 heavy (non-hydrogen) atoms. The van der Waals surface area contributed by atoms with Gasteiger partial charge in [0.2, 0.25) is 11.8 Å². The average molecular weight is 416 g/mol. The first kappa shape index (κ1) is 22.1. The van der Waals surface area contributed by atoms with E-state index in [1.54, 1.807) is 13.0 Å². The lowest BCUT2D eigenvalue weighted by atomic mass is 9.95. The normalized spacial score (nSPS) is 15.1. The Balaban J connectivity index is 1.48. The molecule has 1 aliphatic heterocycles. The van der Waals surface area contributed by atoms with Crippen LogP contribution in [-0.2, 0) is 22.6 Å². The van der Waals surface area contributed by atoms with Gasteiger partial charge in [0.15, 0.2) is 5.82 Å². The van der Waals surface area contributed by atoms with Gasteiger partial charge in [-0.25, -0.2) is 0 Å². The van der Waals surface area contributed by atoms with Crippen LogP contribution < -0.4 is 5.32 Å². The SMILES string of the molecule is Cc1cc(NC(=O)C2CCN(C(=O)CCc3c(C)nn(CC(C)C)c3C)CC2)no1. The Morgan fingerprint density at radius 1 is 1.23 bits per heavy atom. The Hall–Kier alpha value is -2.64. The third-order valence-electron chi connectivity index (χ3n) is 5.76. The van der Waals surface area contributed by atoms with Gasteiger partial charge < -0.3 is 14.7 Å². The van der Waals surface area contributed by atoms with Crippen LogP contribution in [0, 0.1) is 32.6 Å². The second-order valence-corrected chi connectivity index (χ2v) is 8.69. The molecule has 1 fully saturated rings. The maximum absolute atomic E-state index is 12.7. The zero-order valence-electron chi connectivity index (χ0n) is 18.7. The summed E-state index contributed by atoms with van der Waals surface area (Å²) >= 11 is 0. The molecule has 2 aromatic rings. The van der Waals surface area contributed by atoms with Crippen LogP contribution in [0.3, 0.4) is 0 Å². The molecule has 2 amide bonds. The summed E-state index contributed by atoms with van der Waals surface area (Å²) in [5, 5.41) is 11.2. The van der Waals surface area contributed by atoms with Gasteiger partial charge in [0.25, 0.3) is 0 Å². The number of anilines is 1. The third-order valence-corrected chi connectivity index (χ3v) is 5.76. The summed E-state index contributed by atoms with van der Waals surface area (Å²) in [7, 11) is 0. The summed E-state index contributed by atoms with van der Waals surface area (Å²) in [4.78, 5) is 27.0. The van der Waals surface area contributed by atoms with Crippen LogP contribution in [0.5, 0.6) is 0 Å². The molecule has 8 heteroatoms. The number of piperidine rings is 1. The van der Waals surface area contributed by atoms with Crippen LogP contribution in [0.1, 0.15) is 55.8 Å². The first-order valence-corrected chi connectivity index (χ1v) is 10.8. The molecule has 0 aliphatic carbocycles. The summed E-state index contributed by atoms with van der Waals surface area (Å²) in [5.74, 6) is 1.62. The van der Waals surface area contributed by atoms with Gasteiger partial charge in [-0.1, -0.05) is 19.0 Å². The summed E-state index contributed by atoms with van der Waals surface area (Å²) in [6, 6.07) is 1.70. The Kier molecular flexibility index (Phi) is 6.95. The molecule has 8 nitrogen and oxygen atoms in total. The molecule has 0 bridgehead atoms. The van der Waals surface area contributed by atoms with Gasteiger partial charge >= 0.3 is 0 Å². The van der Waals surface area contributed by atoms with Crippen molar-refractivity contribution in [2.75, 3.05) is 18.4 Å². The number of likely N-dealkylation sites (tertiary alicyclic amines) is 1. The molecule has 0 atom stereocenters. The number of hydrogen-bond donors (Lipinski definition) is 1. The van der Waals surface area contributed by atoms with Gasteiger partial charge in [0.1, 0.15) is 5.76 Å². The van der Waals surface area contributed by atoms with Crippen molar-refractivity contribution < 1.29 is 14.1 Å². The summed E-state index contributed by atoms with van der Waals surface area (Å²) < 4.78 is 7.03. The smallest absolute Gasteiger partial charge is 0.228 e. The molecule has 164 valence electrons. The lowest BCUT2D eigenvalue weighted by Crippen LogP contribution is -2.41. The number of rotatable bonds is 7. The molecule has 1 N–H and O–H groups in total. The fraction of sp³-hybridized carbons (Fsp3) is 0.636. The van der Waals surface area contributed by atoms with E-state index < -0.39 is 0 Å². The minimum Gasteiger partial charge on any atom is -0.360 e. The molecule has 0 spiro atoms. The van der Waals surface area contributed by atoms with Gasteiger partial charge in [0, 0.05) is 43.7 Å². The molecule has 2 aromatic heterocycles. The number of amides is 2. The topological polar surface area (TPSA) is 93.3 Å². The predicted molar refractivity (Wildman–Crippen MR) is 114 cm³/mol. The maximum atomic E-state index is 12.7. The average Bonchev–Trinajstić information content (AvgIpc) is 3.22. The van der Waals surface area contributed by atoms with Crippen molar-refractivity contribution in [2.45, 2.75) is 66.8 Å². The molecule has 0 aromatic carbocycles. The van der Waals surface area contributed by atoms with Gasteiger partial charge in [0.05, 0.1) is 5.69 Å². The van der Waals surface area contributed by atoms with Gasteiger partial charge in [-0.3, -0.25) is 14.3 Å². The molecular weight excluding hydrogens is 382 g/mol. The number of nitrogens with zero attached hydrogens (tertiary/aromatic N) is 4. The highest BCUT2D eigenvalue weighted by atomic mass is 16.5. The van der Waals surface area contributed by atoms with Crippen LogP contribution in [0.4, 0.5) is 5.82 Å². The Labute approximate surface area is 178 Å². The van der Waals surface area contributed by atoms with E-state index in [9.17, 15) is 9.59 Å². The fourth-order valence-corrected chi connectivity index (χ4v) is 4.05. The van der Waals surface area contributed by atoms with Crippen LogP contribution in [0.15, 0.2) is 10.6 Å². The molecule has 3 heterocycles. The van der Waals surface area contributed by atoms with Crippen molar-refractivity contribution in [1.29, 1.82) is 0 Å². The number of nitrogens with one attached hydrogen (secondary N) is 1. The van der Waals surface area contributed by atoms with Gasteiger partial charge in [-0.05, 0) is 51.5 Å². The maximum Gasteiger partial charge on any atom is 0.228 e.